The maximum Gasteiger partial charge on any atom is 0.230 e. The molecule has 1 heterocycles. The van der Waals surface area contributed by atoms with Gasteiger partial charge in [0.25, 0.3) is 0 Å². The van der Waals surface area contributed by atoms with Gasteiger partial charge in [-0.15, -0.1) is 0 Å². The monoisotopic (exact) mass is 271 g/mol. The molecular formula is C14H10ClN3O. The summed E-state index contributed by atoms with van der Waals surface area (Å²) in [4.78, 5) is 8.31. The Kier molecular flexibility index (Phi) is 2.93. The second kappa shape index (κ2) is 4.74. The van der Waals surface area contributed by atoms with Gasteiger partial charge >= 0.3 is 0 Å². The Hall–Kier alpha value is -2.33. The van der Waals surface area contributed by atoms with Crippen molar-refractivity contribution in [3.63, 3.8) is 0 Å². The van der Waals surface area contributed by atoms with Gasteiger partial charge in [-0.3, -0.25) is 0 Å². The van der Waals surface area contributed by atoms with Crippen LogP contribution in [-0.2, 0) is 0 Å². The van der Waals surface area contributed by atoms with Crippen molar-refractivity contribution in [1.29, 1.82) is 0 Å². The second-order valence-corrected chi connectivity index (χ2v) is 4.45. The molecule has 1 aromatic heterocycles. The molecule has 2 N–H and O–H groups in total. The Morgan fingerprint density at radius 1 is 1.05 bits per heavy atom. The number of aromatic nitrogens is 2. The molecule has 0 amide bonds. The average molecular weight is 272 g/mol. The number of nitrogens with zero attached hydrogens (tertiary/aromatic N) is 2. The highest BCUT2D eigenvalue weighted by Gasteiger charge is 2.06. The van der Waals surface area contributed by atoms with E-state index in [9.17, 15) is 0 Å². The minimum Gasteiger partial charge on any atom is -0.438 e. The Bertz CT molecular complexity index is 746. The molecule has 0 aliphatic rings. The lowest BCUT2D eigenvalue weighted by molar-refractivity contribution is 0.468. The molecule has 0 atom stereocenters. The summed E-state index contributed by atoms with van der Waals surface area (Å²) in [5.74, 6) is 1.08. The highest BCUT2D eigenvalue weighted by molar-refractivity contribution is 6.30. The fourth-order valence-electron chi connectivity index (χ4n) is 1.77. The van der Waals surface area contributed by atoms with E-state index in [4.69, 9.17) is 22.1 Å². The Morgan fingerprint density at radius 3 is 2.79 bits per heavy atom. The number of hydrogen-bond acceptors (Lipinski definition) is 4. The van der Waals surface area contributed by atoms with Gasteiger partial charge in [-0.2, -0.15) is 0 Å². The summed E-state index contributed by atoms with van der Waals surface area (Å²) in [6, 6.07) is 12.5. The predicted molar refractivity (Wildman–Crippen MR) is 75.5 cm³/mol. The summed E-state index contributed by atoms with van der Waals surface area (Å²) in [7, 11) is 0. The van der Waals surface area contributed by atoms with E-state index < -0.39 is 0 Å². The minimum absolute atomic E-state index is 0.458. The van der Waals surface area contributed by atoms with E-state index in [1.165, 1.54) is 6.33 Å². The third kappa shape index (κ3) is 2.44. The molecule has 0 unspecified atom stereocenters. The predicted octanol–water partition coefficient (Wildman–Crippen LogP) is 3.66. The van der Waals surface area contributed by atoms with E-state index in [2.05, 4.69) is 9.97 Å². The van der Waals surface area contributed by atoms with Gasteiger partial charge in [0.05, 0.1) is 10.9 Å². The topological polar surface area (TPSA) is 61.0 Å². The van der Waals surface area contributed by atoms with Gasteiger partial charge in [-0.25, -0.2) is 9.97 Å². The molecule has 0 fully saturated rings. The van der Waals surface area contributed by atoms with Crippen LogP contribution in [0.5, 0.6) is 11.6 Å². The van der Waals surface area contributed by atoms with Gasteiger partial charge in [-0.1, -0.05) is 17.7 Å². The smallest absolute Gasteiger partial charge is 0.230 e. The lowest BCUT2D eigenvalue weighted by atomic mass is 10.2. The van der Waals surface area contributed by atoms with Crippen LogP contribution in [0.15, 0.2) is 48.8 Å². The number of hydrogen-bond donors (Lipinski definition) is 1. The van der Waals surface area contributed by atoms with Gasteiger partial charge in [-0.05, 0) is 36.4 Å². The van der Waals surface area contributed by atoms with Crippen LogP contribution in [0.2, 0.25) is 5.02 Å². The van der Waals surface area contributed by atoms with Crippen LogP contribution in [0.25, 0.3) is 10.9 Å². The van der Waals surface area contributed by atoms with Crippen LogP contribution in [-0.4, -0.2) is 9.97 Å². The first-order valence-corrected chi connectivity index (χ1v) is 6.04. The summed E-state index contributed by atoms with van der Waals surface area (Å²) in [5, 5.41) is 1.37. The highest BCUT2D eigenvalue weighted by Crippen LogP contribution is 2.28. The molecule has 0 radical (unpaired) electrons. The molecule has 0 spiro atoms. The first-order chi connectivity index (χ1) is 9.22. The van der Waals surface area contributed by atoms with E-state index in [0.29, 0.717) is 22.3 Å². The van der Waals surface area contributed by atoms with Crippen LogP contribution in [0.3, 0.4) is 0 Å². The van der Waals surface area contributed by atoms with E-state index in [1.807, 2.05) is 18.2 Å². The normalized spacial score (nSPS) is 10.6. The SMILES string of the molecule is Nc1ccc2ncnc(Oc3cccc(Cl)c3)c2c1. The molecule has 0 saturated carbocycles. The molecular weight excluding hydrogens is 262 g/mol. The number of halogens is 1. The van der Waals surface area contributed by atoms with Crippen molar-refractivity contribution in [1.82, 2.24) is 9.97 Å². The van der Waals surface area contributed by atoms with E-state index in [0.717, 1.165) is 10.9 Å². The highest BCUT2D eigenvalue weighted by atomic mass is 35.5. The zero-order valence-corrected chi connectivity index (χ0v) is 10.6. The standard InChI is InChI=1S/C14H10ClN3O/c15-9-2-1-3-11(6-9)19-14-12-7-10(16)4-5-13(12)17-8-18-14/h1-8H,16H2. The molecule has 94 valence electrons. The number of fused-ring (bicyclic) bond motifs is 1. The minimum atomic E-state index is 0.458. The lowest BCUT2D eigenvalue weighted by Gasteiger charge is -2.07. The van der Waals surface area contributed by atoms with Crippen molar-refractivity contribution in [2.75, 3.05) is 5.73 Å². The Balaban J connectivity index is 2.07. The summed E-state index contributed by atoms with van der Waals surface area (Å²) >= 11 is 5.92. The van der Waals surface area contributed by atoms with Crippen molar-refractivity contribution in [3.8, 4) is 11.6 Å². The molecule has 4 nitrogen and oxygen atoms in total. The molecule has 2 aromatic carbocycles. The number of nitrogens with two attached hydrogens (primary N) is 1. The molecule has 0 bridgehead atoms. The van der Waals surface area contributed by atoms with Gasteiger partial charge < -0.3 is 10.5 Å². The zero-order valence-electron chi connectivity index (χ0n) is 9.88. The van der Waals surface area contributed by atoms with Crippen LogP contribution < -0.4 is 10.5 Å². The molecule has 0 aliphatic carbocycles. The van der Waals surface area contributed by atoms with Crippen LogP contribution in [0, 0.1) is 0 Å². The number of ether oxygens (including phenoxy) is 1. The third-order valence-corrected chi connectivity index (χ3v) is 2.87. The van der Waals surface area contributed by atoms with Crippen molar-refractivity contribution in [2.45, 2.75) is 0 Å². The lowest BCUT2D eigenvalue weighted by Crippen LogP contribution is -1.93. The van der Waals surface area contributed by atoms with Gasteiger partial charge in [0.2, 0.25) is 5.88 Å². The maximum absolute atomic E-state index is 5.92. The van der Waals surface area contributed by atoms with E-state index in [-0.39, 0.29) is 0 Å². The second-order valence-electron chi connectivity index (χ2n) is 4.01. The maximum atomic E-state index is 5.92. The number of rotatable bonds is 2. The summed E-state index contributed by atoms with van der Waals surface area (Å²) < 4.78 is 5.74. The van der Waals surface area contributed by atoms with Crippen molar-refractivity contribution in [2.24, 2.45) is 0 Å². The largest absolute Gasteiger partial charge is 0.438 e. The fraction of sp³-hybridized carbons (Fsp3) is 0. The molecule has 0 aliphatic heterocycles. The molecule has 19 heavy (non-hydrogen) atoms. The number of benzene rings is 2. The molecule has 0 saturated heterocycles. The number of nitrogen functional groups attached to an aromatic ring is 1. The third-order valence-electron chi connectivity index (χ3n) is 2.63. The molecule has 3 aromatic rings. The van der Waals surface area contributed by atoms with Crippen molar-refractivity contribution < 1.29 is 4.74 Å². The van der Waals surface area contributed by atoms with Crippen molar-refractivity contribution in [3.05, 3.63) is 53.8 Å². The summed E-state index contributed by atoms with van der Waals surface area (Å²) in [5.41, 5.74) is 7.19. The first-order valence-electron chi connectivity index (χ1n) is 5.66. The molecule has 3 rings (SSSR count). The van der Waals surface area contributed by atoms with Gasteiger partial charge in [0, 0.05) is 10.7 Å². The van der Waals surface area contributed by atoms with E-state index >= 15 is 0 Å². The average Bonchev–Trinajstić information content (AvgIpc) is 2.39. The van der Waals surface area contributed by atoms with Crippen LogP contribution in [0.4, 0.5) is 5.69 Å². The summed E-state index contributed by atoms with van der Waals surface area (Å²) in [6.07, 6.45) is 1.46. The number of anilines is 1. The van der Waals surface area contributed by atoms with Crippen molar-refractivity contribution >= 4 is 28.2 Å². The first kappa shape index (κ1) is 11.7. The van der Waals surface area contributed by atoms with Gasteiger partial charge in [0.1, 0.15) is 12.1 Å². The summed E-state index contributed by atoms with van der Waals surface area (Å²) in [6.45, 7) is 0. The zero-order chi connectivity index (χ0) is 13.2. The van der Waals surface area contributed by atoms with Crippen LogP contribution in [0.1, 0.15) is 0 Å². The quantitative estimate of drug-likeness (QED) is 0.723. The Morgan fingerprint density at radius 2 is 1.95 bits per heavy atom. The fourth-order valence-corrected chi connectivity index (χ4v) is 1.95. The van der Waals surface area contributed by atoms with Gasteiger partial charge in [0.15, 0.2) is 0 Å². The Labute approximate surface area is 114 Å². The van der Waals surface area contributed by atoms with E-state index in [1.54, 1.807) is 24.3 Å². The molecule has 5 heteroatoms. The van der Waals surface area contributed by atoms with Crippen LogP contribution >= 0.6 is 11.6 Å².